The quantitative estimate of drug-likeness (QED) is 0.751. The summed E-state index contributed by atoms with van der Waals surface area (Å²) < 4.78 is 1.98. The molecule has 0 aliphatic carbocycles. The van der Waals surface area contributed by atoms with E-state index in [0.717, 1.165) is 12.2 Å². The third kappa shape index (κ3) is 4.56. The van der Waals surface area contributed by atoms with Crippen molar-refractivity contribution in [1.29, 1.82) is 0 Å². The fraction of sp³-hybridized carbons (Fsp3) is 0.500. The lowest BCUT2D eigenvalue weighted by atomic mass is 10.4. The Kier molecular flexibility index (Phi) is 13.0. The van der Waals surface area contributed by atoms with Gasteiger partial charge < -0.3 is 15.8 Å². The van der Waals surface area contributed by atoms with Gasteiger partial charge in [0.1, 0.15) is 5.82 Å². The van der Waals surface area contributed by atoms with Crippen LogP contribution in [0.25, 0.3) is 0 Å². The van der Waals surface area contributed by atoms with Gasteiger partial charge in [-0.05, 0) is 6.54 Å². The van der Waals surface area contributed by atoms with E-state index in [1.165, 1.54) is 0 Å². The van der Waals surface area contributed by atoms with E-state index in [1.54, 1.807) is 6.20 Å². The predicted molar refractivity (Wildman–Crippen MR) is 54.1 cm³/mol. The van der Waals surface area contributed by atoms with Gasteiger partial charge in [-0.1, -0.05) is 0 Å². The summed E-state index contributed by atoms with van der Waals surface area (Å²) >= 11 is 0. The van der Waals surface area contributed by atoms with Crippen LogP contribution in [0.5, 0.6) is 0 Å². The molecule has 1 heterocycles. The molecule has 6 heteroatoms. The SMILES string of the molecule is Cl.Cl.Cn1ccnc1CCN.O. The number of aryl methyl sites for hydroxylation is 1. The summed E-state index contributed by atoms with van der Waals surface area (Å²) in [6.07, 6.45) is 4.57. The van der Waals surface area contributed by atoms with Gasteiger partial charge in [0.05, 0.1) is 0 Å². The van der Waals surface area contributed by atoms with Gasteiger partial charge in [-0.15, -0.1) is 24.8 Å². The Hall–Kier alpha value is -0.290. The van der Waals surface area contributed by atoms with Gasteiger partial charge in [-0.3, -0.25) is 0 Å². The van der Waals surface area contributed by atoms with Crippen molar-refractivity contribution in [2.24, 2.45) is 12.8 Å². The molecule has 0 saturated heterocycles. The highest BCUT2D eigenvalue weighted by Gasteiger charge is 1.93. The number of rotatable bonds is 2. The van der Waals surface area contributed by atoms with E-state index in [9.17, 15) is 0 Å². The minimum atomic E-state index is 0. The van der Waals surface area contributed by atoms with Gasteiger partial charge in [0.2, 0.25) is 0 Å². The Balaban J connectivity index is -0.000000270. The first kappa shape index (κ1) is 17.7. The first-order chi connectivity index (χ1) is 4.34. The van der Waals surface area contributed by atoms with E-state index in [-0.39, 0.29) is 30.3 Å². The highest BCUT2D eigenvalue weighted by atomic mass is 35.5. The van der Waals surface area contributed by atoms with Crippen molar-refractivity contribution in [2.75, 3.05) is 6.54 Å². The molecule has 4 nitrogen and oxygen atoms in total. The summed E-state index contributed by atoms with van der Waals surface area (Å²) in [7, 11) is 1.97. The topological polar surface area (TPSA) is 75.3 Å². The van der Waals surface area contributed by atoms with Gasteiger partial charge in [-0.25, -0.2) is 4.98 Å². The molecule has 1 aromatic heterocycles. The van der Waals surface area contributed by atoms with Gasteiger partial charge in [0.25, 0.3) is 0 Å². The van der Waals surface area contributed by atoms with Crippen LogP contribution in [0.15, 0.2) is 12.4 Å². The van der Waals surface area contributed by atoms with Crippen molar-refractivity contribution < 1.29 is 5.48 Å². The minimum Gasteiger partial charge on any atom is -0.412 e. The largest absolute Gasteiger partial charge is 0.412 e. The molecule has 0 unspecified atom stereocenters. The lowest BCUT2D eigenvalue weighted by molar-refractivity contribution is 0.778. The molecule has 0 spiro atoms. The van der Waals surface area contributed by atoms with Crippen LogP contribution in [-0.4, -0.2) is 21.6 Å². The Labute approximate surface area is 84.3 Å². The monoisotopic (exact) mass is 215 g/mol. The Morgan fingerprint density at radius 1 is 1.50 bits per heavy atom. The maximum absolute atomic E-state index is 5.34. The van der Waals surface area contributed by atoms with Gasteiger partial charge >= 0.3 is 0 Å². The van der Waals surface area contributed by atoms with Crippen LogP contribution >= 0.6 is 24.8 Å². The van der Waals surface area contributed by atoms with Crippen LogP contribution in [0.1, 0.15) is 5.82 Å². The van der Waals surface area contributed by atoms with Crippen molar-refractivity contribution in [3.05, 3.63) is 18.2 Å². The number of halogens is 2. The average molecular weight is 216 g/mol. The molecule has 0 bridgehead atoms. The number of imidazole rings is 1. The van der Waals surface area contributed by atoms with Crippen molar-refractivity contribution in [3.63, 3.8) is 0 Å². The first-order valence-electron chi connectivity index (χ1n) is 3.01. The van der Waals surface area contributed by atoms with Crippen molar-refractivity contribution in [3.8, 4) is 0 Å². The zero-order chi connectivity index (χ0) is 6.69. The second-order valence-electron chi connectivity index (χ2n) is 1.99. The van der Waals surface area contributed by atoms with Crippen LogP contribution in [0.4, 0.5) is 0 Å². The smallest absolute Gasteiger partial charge is 0.109 e. The normalized spacial score (nSPS) is 7.50. The fourth-order valence-electron chi connectivity index (χ4n) is 0.766. The third-order valence-electron chi connectivity index (χ3n) is 1.29. The molecular weight excluding hydrogens is 201 g/mol. The molecule has 0 radical (unpaired) electrons. The predicted octanol–water partition coefficient (Wildman–Crippen LogP) is -0.0598. The summed E-state index contributed by atoms with van der Waals surface area (Å²) in [6.45, 7) is 0.671. The maximum atomic E-state index is 5.34. The molecule has 0 aromatic carbocycles. The van der Waals surface area contributed by atoms with Crippen molar-refractivity contribution >= 4 is 24.8 Å². The molecule has 4 N–H and O–H groups in total. The van der Waals surface area contributed by atoms with Gasteiger partial charge in [0, 0.05) is 25.9 Å². The Morgan fingerprint density at radius 2 is 2.08 bits per heavy atom. The van der Waals surface area contributed by atoms with Crippen LogP contribution in [0, 0.1) is 0 Å². The summed E-state index contributed by atoms with van der Waals surface area (Å²) in [5.74, 6) is 1.05. The van der Waals surface area contributed by atoms with Crippen LogP contribution in [-0.2, 0) is 13.5 Å². The lowest BCUT2D eigenvalue weighted by Gasteiger charge is -1.96. The third-order valence-corrected chi connectivity index (χ3v) is 1.29. The highest BCUT2D eigenvalue weighted by Crippen LogP contribution is 1.92. The summed E-state index contributed by atoms with van der Waals surface area (Å²) in [5.41, 5.74) is 5.34. The molecule has 0 aliphatic heterocycles. The van der Waals surface area contributed by atoms with Gasteiger partial charge in [0.15, 0.2) is 0 Å². The number of hydrogen-bond acceptors (Lipinski definition) is 2. The zero-order valence-corrected chi connectivity index (χ0v) is 8.49. The van der Waals surface area contributed by atoms with Crippen molar-refractivity contribution in [1.82, 2.24) is 9.55 Å². The van der Waals surface area contributed by atoms with E-state index in [0.29, 0.717) is 6.54 Å². The molecule has 0 atom stereocenters. The second kappa shape index (κ2) is 8.80. The molecule has 0 amide bonds. The zero-order valence-electron chi connectivity index (χ0n) is 6.86. The van der Waals surface area contributed by atoms with E-state index in [1.807, 2.05) is 17.8 Å². The van der Waals surface area contributed by atoms with Crippen LogP contribution < -0.4 is 5.73 Å². The summed E-state index contributed by atoms with van der Waals surface area (Å²) in [6, 6.07) is 0. The average Bonchev–Trinajstić information content (AvgIpc) is 2.18. The fourth-order valence-corrected chi connectivity index (χ4v) is 0.766. The summed E-state index contributed by atoms with van der Waals surface area (Å²) in [5, 5.41) is 0. The standard InChI is InChI=1S/C6H11N3.2ClH.H2O/c1-9-5-4-8-6(9)2-3-7;;;/h4-5H,2-3,7H2,1H3;2*1H;1H2. The second-order valence-corrected chi connectivity index (χ2v) is 1.99. The molecule has 12 heavy (non-hydrogen) atoms. The van der Waals surface area contributed by atoms with E-state index >= 15 is 0 Å². The Bertz CT molecular complexity index is 193. The molecule has 1 rings (SSSR count). The van der Waals surface area contributed by atoms with Crippen LogP contribution in [0.2, 0.25) is 0 Å². The van der Waals surface area contributed by atoms with Crippen molar-refractivity contribution in [2.45, 2.75) is 6.42 Å². The number of nitrogens with two attached hydrogens (primary N) is 1. The first-order valence-corrected chi connectivity index (χ1v) is 3.01. The molecule has 0 fully saturated rings. The molecule has 0 saturated carbocycles. The number of nitrogens with zero attached hydrogens (tertiary/aromatic N) is 2. The van der Waals surface area contributed by atoms with E-state index in [2.05, 4.69) is 4.98 Å². The van der Waals surface area contributed by atoms with E-state index in [4.69, 9.17) is 5.73 Å². The van der Waals surface area contributed by atoms with Crippen LogP contribution in [0.3, 0.4) is 0 Å². The van der Waals surface area contributed by atoms with E-state index < -0.39 is 0 Å². The summed E-state index contributed by atoms with van der Waals surface area (Å²) in [4.78, 5) is 4.09. The molecule has 74 valence electrons. The lowest BCUT2D eigenvalue weighted by Crippen LogP contribution is -2.07. The Morgan fingerprint density at radius 3 is 2.42 bits per heavy atom. The number of aromatic nitrogens is 2. The number of hydrogen-bond donors (Lipinski definition) is 1. The maximum Gasteiger partial charge on any atom is 0.109 e. The van der Waals surface area contributed by atoms with Gasteiger partial charge in [-0.2, -0.15) is 0 Å². The molecule has 1 aromatic rings. The highest BCUT2D eigenvalue weighted by molar-refractivity contribution is 5.85. The molecular formula is C6H15Cl2N3O. The minimum absolute atomic E-state index is 0. The molecule has 0 aliphatic rings.